The molecule has 1 aromatic carbocycles. The van der Waals surface area contributed by atoms with Crippen LogP contribution in [0.25, 0.3) is 11.3 Å². The van der Waals surface area contributed by atoms with E-state index in [0.717, 1.165) is 23.4 Å². The molecule has 0 spiro atoms. The second kappa shape index (κ2) is 7.70. The van der Waals surface area contributed by atoms with Crippen LogP contribution in [0.2, 0.25) is 0 Å². The first-order valence-electron chi connectivity index (χ1n) is 7.65. The van der Waals surface area contributed by atoms with E-state index in [9.17, 15) is 4.79 Å². The molecule has 0 atom stereocenters. The molecule has 2 amide bonds. The van der Waals surface area contributed by atoms with Gasteiger partial charge < -0.3 is 4.90 Å². The van der Waals surface area contributed by atoms with Crippen molar-refractivity contribution >= 4 is 22.5 Å². The number of aromatic nitrogens is 2. The van der Waals surface area contributed by atoms with Crippen LogP contribution in [0.4, 0.5) is 9.93 Å². The van der Waals surface area contributed by atoms with Gasteiger partial charge in [0.1, 0.15) is 0 Å². The van der Waals surface area contributed by atoms with Gasteiger partial charge >= 0.3 is 6.03 Å². The molecule has 0 fully saturated rings. The third kappa shape index (κ3) is 4.17. The molecule has 2 heterocycles. The van der Waals surface area contributed by atoms with Gasteiger partial charge in [-0.2, -0.15) is 0 Å². The van der Waals surface area contributed by atoms with Gasteiger partial charge in [0.15, 0.2) is 5.13 Å². The number of rotatable bonds is 5. The first kappa shape index (κ1) is 16.1. The number of hydrogen-bond acceptors (Lipinski definition) is 4. The van der Waals surface area contributed by atoms with Crippen LogP contribution >= 0.6 is 11.3 Å². The zero-order valence-corrected chi connectivity index (χ0v) is 14.2. The van der Waals surface area contributed by atoms with E-state index in [-0.39, 0.29) is 6.03 Å². The number of carbonyl (C=O) groups excluding carboxylic acids is 1. The molecule has 5 nitrogen and oxygen atoms in total. The Morgan fingerprint density at radius 2 is 1.96 bits per heavy atom. The Morgan fingerprint density at radius 1 is 1.17 bits per heavy atom. The van der Waals surface area contributed by atoms with Crippen LogP contribution in [0.5, 0.6) is 0 Å². The maximum absolute atomic E-state index is 12.2. The fraction of sp³-hybridized carbons (Fsp3) is 0.167. The van der Waals surface area contributed by atoms with Gasteiger partial charge in [-0.15, -0.1) is 11.3 Å². The van der Waals surface area contributed by atoms with Crippen molar-refractivity contribution in [3.05, 3.63) is 65.8 Å². The van der Waals surface area contributed by atoms with Crippen molar-refractivity contribution in [2.24, 2.45) is 0 Å². The summed E-state index contributed by atoms with van der Waals surface area (Å²) in [5.74, 6) is 0. The summed E-state index contributed by atoms with van der Waals surface area (Å²) in [7, 11) is 1.77. The highest BCUT2D eigenvalue weighted by atomic mass is 32.1. The lowest BCUT2D eigenvalue weighted by atomic mass is 10.2. The average molecular weight is 338 g/mol. The average Bonchev–Trinajstić information content (AvgIpc) is 3.10. The Bertz CT molecular complexity index is 789. The van der Waals surface area contributed by atoms with Crippen molar-refractivity contribution in [3.8, 4) is 11.3 Å². The monoisotopic (exact) mass is 338 g/mol. The van der Waals surface area contributed by atoms with Crippen molar-refractivity contribution in [2.45, 2.75) is 6.42 Å². The topological polar surface area (TPSA) is 58.1 Å². The summed E-state index contributed by atoms with van der Waals surface area (Å²) in [6, 6.07) is 15.5. The van der Waals surface area contributed by atoms with Gasteiger partial charge in [0.2, 0.25) is 0 Å². The molecule has 122 valence electrons. The van der Waals surface area contributed by atoms with Gasteiger partial charge in [0.25, 0.3) is 0 Å². The quantitative estimate of drug-likeness (QED) is 0.767. The fourth-order valence-electron chi connectivity index (χ4n) is 2.19. The van der Waals surface area contributed by atoms with Crippen molar-refractivity contribution in [3.63, 3.8) is 0 Å². The van der Waals surface area contributed by atoms with Crippen molar-refractivity contribution < 1.29 is 4.79 Å². The lowest BCUT2D eigenvalue weighted by Crippen LogP contribution is -2.33. The number of nitrogens with one attached hydrogen (secondary N) is 1. The number of carbonyl (C=O) groups is 1. The summed E-state index contributed by atoms with van der Waals surface area (Å²) >= 11 is 1.42. The number of likely N-dealkylation sites (N-methyl/N-ethyl adjacent to an activating group) is 1. The molecule has 0 saturated heterocycles. The maximum atomic E-state index is 12.2. The molecule has 0 bridgehead atoms. The Hall–Kier alpha value is -2.73. The predicted octanol–water partition coefficient (Wildman–Crippen LogP) is 3.91. The molecular formula is C18H18N4OS. The molecule has 0 aliphatic heterocycles. The molecule has 24 heavy (non-hydrogen) atoms. The van der Waals surface area contributed by atoms with E-state index in [2.05, 4.69) is 15.3 Å². The minimum absolute atomic E-state index is 0.167. The Balaban J connectivity index is 1.55. The molecule has 2 aromatic heterocycles. The number of urea groups is 1. The summed E-state index contributed by atoms with van der Waals surface area (Å²) in [5.41, 5.74) is 2.88. The van der Waals surface area contributed by atoms with E-state index < -0.39 is 0 Å². The molecule has 0 unspecified atom stereocenters. The van der Waals surface area contributed by atoms with Gasteiger partial charge in [-0.05, 0) is 12.1 Å². The molecule has 1 N–H and O–H groups in total. The van der Waals surface area contributed by atoms with E-state index in [4.69, 9.17) is 0 Å². The molecule has 0 radical (unpaired) electrons. The van der Waals surface area contributed by atoms with Gasteiger partial charge in [-0.25, -0.2) is 9.78 Å². The van der Waals surface area contributed by atoms with Crippen molar-refractivity contribution in [2.75, 3.05) is 18.9 Å². The second-order valence-corrected chi connectivity index (χ2v) is 6.18. The predicted molar refractivity (Wildman–Crippen MR) is 97.1 cm³/mol. The normalized spacial score (nSPS) is 10.4. The van der Waals surface area contributed by atoms with Crippen molar-refractivity contribution in [1.29, 1.82) is 0 Å². The highest BCUT2D eigenvalue weighted by Crippen LogP contribution is 2.24. The highest BCUT2D eigenvalue weighted by Gasteiger charge is 2.12. The smallest absolute Gasteiger partial charge is 0.323 e. The summed E-state index contributed by atoms with van der Waals surface area (Å²) in [5, 5.41) is 5.39. The van der Waals surface area contributed by atoms with E-state index in [1.54, 1.807) is 18.1 Å². The molecule has 0 aliphatic carbocycles. The molecule has 6 heteroatoms. The largest absolute Gasteiger partial charge is 0.327 e. The van der Waals surface area contributed by atoms with Gasteiger partial charge in [-0.3, -0.25) is 10.3 Å². The first-order chi connectivity index (χ1) is 11.7. The molecular weight excluding hydrogens is 320 g/mol. The zero-order chi connectivity index (χ0) is 16.8. The van der Waals surface area contributed by atoms with E-state index in [1.165, 1.54) is 11.3 Å². The third-order valence-corrected chi connectivity index (χ3v) is 4.32. The van der Waals surface area contributed by atoms with E-state index in [0.29, 0.717) is 11.7 Å². The molecule has 0 aliphatic rings. The van der Waals surface area contributed by atoms with Crippen LogP contribution in [0.15, 0.2) is 60.1 Å². The summed E-state index contributed by atoms with van der Waals surface area (Å²) in [6.07, 6.45) is 2.48. The summed E-state index contributed by atoms with van der Waals surface area (Å²) < 4.78 is 0. The number of amides is 2. The van der Waals surface area contributed by atoms with E-state index >= 15 is 0 Å². The van der Waals surface area contributed by atoms with Gasteiger partial charge in [-0.1, -0.05) is 36.4 Å². The third-order valence-electron chi connectivity index (χ3n) is 3.56. The molecule has 0 saturated carbocycles. The number of nitrogens with zero attached hydrogens (tertiary/aromatic N) is 3. The number of pyridine rings is 1. The summed E-state index contributed by atoms with van der Waals surface area (Å²) in [4.78, 5) is 22.6. The van der Waals surface area contributed by atoms with E-state index in [1.807, 2.05) is 53.9 Å². The first-order valence-corrected chi connectivity index (χ1v) is 8.53. The standard InChI is InChI=1S/C18H18N4OS/c1-22(12-10-15-9-5-6-11-19-15)18(23)21-17-20-16(13-24-17)14-7-3-2-4-8-14/h2-9,11,13H,10,12H2,1H3,(H,20,21,23). The van der Waals surface area contributed by atoms with Gasteiger partial charge in [0, 0.05) is 42.8 Å². The number of hydrogen-bond donors (Lipinski definition) is 1. The lowest BCUT2D eigenvalue weighted by Gasteiger charge is -2.16. The Labute approximate surface area is 145 Å². The minimum Gasteiger partial charge on any atom is -0.327 e. The Morgan fingerprint density at radius 3 is 2.71 bits per heavy atom. The van der Waals surface area contributed by atoms with Crippen molar-refractivity contribution in [1.82, 2.24) is 14.9 Å². The van der Waals surface area contributed by atoms with Gasteiger partial charge in [0.05, 0.1) is 5.69 Å². The van der Waals surface area contributed by atoms with Crippen LogP contribution in [0, 0.1) is 0 Å². The molecule has 3 rings (SSSR count). The minimum atomic E-state index is -0.167. The van der Waals surface area contributed by atoms with Crippen LogP contribution in [0.1, 0.15) is 5.69 Å². The lowest BCUT2D eigenvalue weighted by molar-refractivity contribution is 0.223. The SMILES string of the molecule is CN(CCc1ccccn1)C(=O)Nc1nc(-c2ccccc2)cs1. The summed E-state index contributed by atoms with van der Waals surface area (Å²) in [6.45, 7) is 0.597. The van der Waals surface area contributed by atoms with Crippen LogP contribution in [-0.4, -0.2) is 34.5 Å². The molecule has 3 aromatic rings. The second-order valence-electron chi connectivity index (χ2n) is 5.33. The number of benzene rings is 1. The van der Waals surface area contributed by atoms with Crippen LogP contribution < -0.4 is 5.32 Å². The van der Waals surface area contributed by atoms with Crippen LogP contribution in [-0.2, 0) is 6.42 Å². The zero-order valence-electron chi connectivity index (χ0n) is 13.3. The maximum Gasteiger partial charge on any atom is 0.323 e. The number of thiazole rings is 1. The number of anilines is 1. The highest BCUT2D eigenvalue weighted by molar-refractivity contribution is 7.14. The Kier molecular flexibility index (Phi) is 5.18. The fourth-order valence-corrected chi connectivity index (χ4v) is 2.90. The van der Waals surface area contributed by atoms with Crippen LogP contribution in [0.3, 0.4) is 0 Å².